The molecule has 2 heterocycles. The summed E-state index contributed by atoms with van der Waals surface area (Å²) in [5.41, 5.74) is 0.543. The van der Waals surface area contributed by atoms with Gasteiger partial charge in [0, 0.05) is 17.8 Å². The Labute approximate surface area is 108 Å². The lowest BCUT2D eigenvalue weighted by Crippen LogP contribution is -2.03. The summed E-state index contributed by atoms with van der Waals surface area (Å²) in [6, 6.07) is 10.9. The van der Waals surface area contributed by atoms with E-state index in [0.717, 1.165) is 10.8 Å². The van der Waals surface area contributed by atoms with E-state index >= 15 is 0 Å². The average Bonchev–Trinajstić information content (AvgIpc) is 2.47. The number of carboxylic acid groups (broad SMARTS) is 1. The molecule has 0 aliphatic carbocycles. The van der Waals surface area contributed by atoms with Gasteiger partial charge in [-0.15, -0.1) is 0 Å². The van der Waals surface area contributed by atoms with Crippen molar-refractivity contribution in [3.05, 3.63) is 54.5 Å². The lowest BCUT2D eigenvalue weighted by molar-refractivity contribution is 0.0690. The highest BCUT2D eigenvalue weighted by atomic mass is 16.4. The predicted octanol–water partition coefficient (Wildman–Crippen LogP) is 2.39. The smallest absolute Gasteiger partial charge is 0.354 e. The molecule has 92 valence electrons. The van der Waals surface area contributed by atoms with E-state index in [4.69, 9.17) is 5.11 Å². The largest absolute Gasteiger partial charge is 0.477 e. The third-order valence-corrected chi connectivity index (χ3v) is 2.76. The maximum atomic E-state index is 10.9. The van der Waals surface area contributed by atoms with Crippen molar-refractivity contribution in [3.63, 3.8) is 0 Å². The molecule has 0 saturated heterocycles. The zero-order valence-corrected chi connectivity index (χ0v) is 9.82. The van der Waals surface area contributed by atoms with Gasteiger partial charge < -0.3 is 5.11 Å². The van der Waals surface area contributed by atoms with Gasteiger partial charge in [-0.3, -0.25) is 4.98 Å². The number of pyridine rings is 1. The van der Waals surface area contributed by atoms with Gasteiger partial charge in [0.1, 0.15) is 5.69 Å². The van der Waals surface area contributed by atoms with Crippen molar-refractivity contribution in [2.45, 2.75) is 0 Å². The number of hydrogen-bond acceptors (Lipinski definition) is 4. The maximum Gasteiger partial charge on any atom is 0.354 e. The first-order chi connectivity index (χ1) is 9.25. The van der Waals surface area contributed by atoms with Crippen LogP contribution in [0.15, 0.2) is 48.8 Å². The molecule has 0 atom stereocenters. The van der Waals surface area contributed by atoms with Crippen molar-refractivity contribution >= 4 is 16.7 Å². The molecule has 0 spiro atoms. The fourth-order valence-electron chi connectivity index (χ4n) is 1.89. The number of aromatic carboxylic acids is 1. The molecule has 0 saturated carbocycles. The van der Waals surface area contributed by atoms with Crippen LogP contribution in [0, 0.1) is 0 Å². The van der Waals surface area contributed by atoms with Crippen molar-refractivity contribution in [1.82, 2.24) is 15.0 Å². The second-order valence-electron chi connectivity index (χ2n) is 3.95. The molecule has 5 heteroatoms. The third kappa shape index (κ3) is 2.01. The van der Waals surface area contributed by atoms with Crippen LogP contribution in [0.5, 0.6) is 0 Å². The van der Waals surface area contributed by atoms with Gasteiger partial charge in [0.05, 0.1) is 0 Å². The molecule has 0 aliphatic rings. The van der Waals surface area contributed by atoms with Crippen molar-refractivity contribution in [2.75, 3.05) is 0 Å². The topological polar surface area (TPSA) is 76.0 Å². The lowest BCUT2D eigenvalue weighted by atomic mass is 10.1. The van der Waals surface area contributed by atoms with E-state index in [1.165, 1.54) is 12.3 Å². The van der Waals surface area contributed by atoms with Crippen LogP contribution in [0.2, 0.25) is 0 Å². The van der Waals surface area contributed by atoms with Crippen molar-refractivity contribution < 1.29 is 9.90 Å². The third-order valence-electron chi connectivity index (χ3n) is 2.76. The summed E-state index contributed by atoms with van der Waals surface area (Å²) >= 11 is 0. The summed E-state index contributed by atoms with van der Waals surface area (Å²) in [7, 11) is 0. The number of fused-ring (bicyclic) bond motifs is 1. The number of aromatic nitrogens is 3. The molecule has 3 rings (SSSR count). The first kappa shape index (κ1) is 11.3. The molecule has 3 aromatic rings. The van der Waals surface area contributed by atoms with Crippen molar-refractivity contribution in [3.8, 4) is 11.5 Å². The summed E-state index contributed by atoms with van der Waals surface area (Å²) in [4.78, 5) is 23.3. The molecular weight excluding hydrogens is 242 g/mol. The van der Waals surface area contributed by atoms with E-state index in [1.54, 1.807) is 6.20 Å². The van der Waals surface area contributed by atoms with Crippen LogP contribution < -0.4 is 0 Å². The van der Waals surface area contributed by atoms with E-state index in [9.17, 15) is 4.79 Å². The number of nitrogens with zero attached hydrogens (tertiary/aromatic N) is 3. The quantitative estimate of drug-likeness (QED) is 0.756. The van der Waals surface area contributed by atoms with E-state index in [-0.39, 0.29) is 5.69 Å². The Balaban J connectivity index is 2.24. The fraction of sp³-hybridized carbons (Fsp3) is 0. The molecule has 5 nitrogen and oxygen atoms in total. The number of carboxylic acids is 1. The van der Waals surface area contributed by atoms with Crippen LogP contribution in [-0.2, 0) is 0 Å². The fourth-order valence-corrected chi connectivity index (χ4v) is 1.89. The van der Waals surface area contributed by atoms with Crippen molar-refractivity contribution in [2.24, 2.45) is 0 Å². The molecule has 0 radical (unpaired) electrons. The minimum atomic E-state index is -1.08. The average molecular weight is 251 g/mol. The molecule has 19 heavy (non-hydrogen) atoms. The Bertz CT molecular complexity index is 766. The zero-order chi connectivity index (χ0) is 13.2. The molecule has 0 amide bonds. The Morgan fingerprint density at radius 1 is 1.00 bits per heavy atom. The molecule has 0 bridgehead atoms. The summed E-state index contributed by atoms with van der Waals surface area (Å²) < 4.78 is 0. The highest BCUT2D eigenvalue weighted by Crippen LogP contribution is 2.23. The molecule has 0 aliphatic heterocycles. The number of rotatable bonds is 2. The molecule has 1 N–H and O–H groups in total. The standard InChI is InChI=1S/C14H9N3O2/c18-14(19)11-6-8-16-13(17-11)12-10-4-2-1-3-9(10)5-7-15-12/h1-8H,(H,18,19). The number of hydrogen-bond donors (Lipinski definition) is 1. The minimum Gasteiger partial charge on any atom is -0.477 e. The van der Waals surface area contributed by atoms with E-state index < -0.39 is 5.97 Å². The van der Waals surface area contributed by atoms with Gasteiger partial charge in [-0.05, 0) is 17.5 Å². The number of carbonyl (C=O) groups is 1. The van der Waals surface area contributed by atoms with Crippen LogP contribution in [-0.4, -0.2) is 26.0 Å². The van der Waals surface area contributed by atoms with Crippen LogP contribution in [0.1, 0.15) is 10.5 Å². The van der Waals surface area contributed by atoms with Gasteiger partial charge in [-0.25, -0.2) is 14.8 Å². The molecule has 1 aromatic carbocycles. The summed E-state index contributed by atoms with van der Waals surface area (Å²) in [5.74, 6) is -0.763. The molecule has 2 aromatic heterocycles. The maximum absolute atomic E-state index is 10.9. The second kappa shape index (κ2) is 4.45. The van der Waals surface area contributed by atoms with Gasteiger partial charge >= 0.3 is 5.97 Å². The monoisotopic (exact) mass is 251 g/mol. The lowest BCUT2D eigenvalue weighted by Gasteiger charge is -2.04. The Morgan fingerprint density at radius 3 is 2.63 bits per heavy atom. The minimum absolute atomic E-state index is 0.0419. The molecule has 0 unspecified atom stereocenters. The molecule has 0 fully saturated rings. The van der Waals surface area contributed by atoms with Crippen LogP contribution in [0.4, 0.5) is 0 Å². The molecular formula is C14H9N3O2. The first-order valence-corrected chi connectivity index (χ1v) is 5.66. The van der Waals surface area contributed by atoms with Crippen molar-refractivity contribution in [1.29, 1.82) is 0 Å². The zero-order valence-electron chi connectivity index (χ0n) is 9.82. The normalized spacial score (nSPS) is 10.5. The van der Waals surface area contributed by atoms with Crippen LogP contribution >= 0.6 is 0 Å². The van der Waals surface area contributed by atoms with Gasteiger partial charge in [-0.1, -0.05) is 24.3 Å². The summed E-state index contributed by atoms with van der Waals surface area (Å²) in [5, 5.41) is 10.9. The Morgan fingerprint density at radius 2 is 1.79 bits per heavy atom. The van der Waals surface area contributed by atoms with E-state index in [0.29, 0.717) is 11.5 Å². The van der Waals surface area contributed by atoms with Gasteiger partial charge in [-0.2, -0.15) is 0 Å². The SMILES string of the molecule is O=C(O)c1ccnc(-c2nccc3ccccc23)n1. The van der Waals surface area contributed by atoms with Gasteiger partial charge in [0.25, 0.3) is 0 Å². The second-order valence-corrected chi connectivity index (χ2v) is 3.95. The summed E-state index contributed by atoms with van der Waals surface area (Å²) in [6.45, 7) is 0. The Hall–Kier alpha value is -2.82. The van der Waals surface area contributed by atoms with Crippen LogP contribution in [0.25, 0.3) is 22.3 Å². The predicted molar refractivity (Wildman–Crippen MR) is 69.7 cm³/mol. The van der Waals surface area contributed by atoms with Gasteiger partial charge in [0.15, 0.2) is 11.5 Å². The van der Waals surface area contributed by atoms with Crippen LogP contribution in [0.3, 0.4) is 0 Å². The highest BCUT2D eigenvalue weighted by Gasteiger charge is 2.11. The Kier molecular flexibility index (Phi) is 2.64. The number of benzene rings is 1. The van der Waals surface area contributed by atoms with E-state index in [2.05, 4.69) is 15.0 Å². The first-order valence-electron chi connectivity index (χ1n) is 5.66. The van der Waals surface area contributed by atoms with Gasteiger partial charge in [0.2, 0.25) is 0 Å². The van der Waals surface area contributed by atoms with E-state index in [1.807, 2.05) is 30.3 Å². The highest BCUT2D eigenvalue weighted by molar-refractivity contribution is 5.93. The summed E-state index contributed by atoms with van der Waals surface area (Å²) in [6.07, 6.45) is 3.09.